The Morgan fingerprint density at radius 2 is 1.94 bits per heavy atom. The van der Waals surface area contributed by atoms with E-state index in [1.807, 2.05) is 12.1 Å². The predicted octanol–water partition coefficient (Wildman–Crippen LogP) is 2.86. The van der Waals surface area contributed by atoms with Gasteiger partial charge in [-0.15, -0.1) is 11.3 Å². The average molecular weight is 455 g/mol. The molecule has 1 atom stereocenters. The van der Waals surface area contributed by atoms with Crippen molar-refractivity contribution in [2.45, 2.75) is 12.3 Å². The van der Waals surface area contributed by atoms with Gasteiger partial charge in [0, 0.05) is 35.5 Å². The molecule has 3 N–H and O–H groups in total. The molecule has 4 rings (SSSR count). The average Bonchev–Trinajstić information content (AvgIpc) is 3.47. The van der Waals surface area contributed by atoms with Gasteiger partial charge >= 0.3 is 0 Å². The molecule has 2 heterocycles. The van der Waals surface area contributed by atoms with Gasteiger partial charge in [0.2, 0.25) is 18.6 Å². The minimum absolute atomic E-state index is 0.00403. The monoisotopic (exact) mass is 455 g/mol. The number of carbonyl (C=O) groups is 2. The molecule has 0 saturated carbocycles. The van der Waals surface area contributed by atoms with Crippen LogP contribution in [-0.2, 0) is 9.59 Å². The van der Waals surface area contributed by atoms with Crippen LogP contribution in [0.1, 0.15) is 23.5 Å². The minimum atomic E-state index is -0.488. The number of nitrogens with one attached hydrogen (secondary N) is 2. The molecule has 2 amide bonds. The van der Waals surface area contributed by atoms with E-state index in [1.54, 1.807) is 36.9 Å². The molecule has 1 unspecified atom stereocenters. The number of fused-ring (bicyclic) bond motifs is 1. The lowest BCUT2D eigenvalue weighted by Gasteiger charge is -2.20. The van der Waals surface area contributed by atoms with Crippen LogP contribution in [0.4, 0.5) is 5.13 Å². The zero-order valence-corrected chi connectivity index (χ0v) is 18.0. The summed E-state index contributed by atoms with van der Waals surface area (Å²) in [5.74, 6) is 0.396. The number of hydrogen-bond donors (Lipinski definition) is 3. The van der Waals surface area contributed by atoms with Gasteiger partial charge in [-0.3, -0.25) is 9.59 Å². The standard InChI is InChI=1S/C22H21N3O6S/c1-29-14-4-2-13(3-5-14)15(16-8-18-19(10-17(16)26)31-12-30-18)9-20(27)24-11-21(28)25-22-23-6-7-32-22/h2-8,10,15,26H,9,11-12H2,1H3,(H,24,27)(H,23,25,28). The molecule has 3 aromatic rings. The van der Waals surface area contributed by atoms with Crippen molar-refractivity contribution in [1.82, 2.24) is 10.3 Å². The second kappa shape index (κ2) is 9.56. The first-order chi connectivity index (χ1) is 15.5. The van der Waals surface area contributed by atoms with Crippen LogP contribution in [0.15, 0.2) is 48.0 Å². The van der Waals surface area contributed by atoms with Crippen molar-refractivity contribution >= 4 is 28.3 Å². The third-order valence-electron chi connectivity index (χ3n) is 4.93. The summed E-state index contributed by atoms with van der Waals surface area (Å²) in [6.07, 6.45) is 1.58. The fourth-order valence-electron chi connectivity index (χ4n) is 3.35. The number of hydrogen-bond acceptors (Lipinski definition) is 8. The summed E-state index contributed by atoms with van der Waals surface area (Å²) < 4.78 is 16.0. The smallest absolute Gasteiger partial charge is 0.245 e. The normalized spacial score (nSPS) is 12.8. The maximum Gasteiger partial charge on any atom is 0.245 e. The lowest BCUT2D eigenvalue weighted by atomic mass is 9.87. The van der Waals surface area contributed by atoms with Crippen molar-refractivity contribution < 1.29 is 28.9 Å². The number of phenols is 1. The topological polar surface area (TPSA) is 119 Å². The molecule has 0 aliphatic carbocycles. The van der Waals surface area contributed by atoms with Crippen LogP contribution in [0.25, 0.3) is 0 Å². The third-order valence-corrected chi connectivity index (χ3v) is 5.62. The highest BCUT2D eigenvalue weighted by atomic mass is 32.1. The van der Waals surface area contributed by atoms with Crippen LogP contribution in [0.3, 0.4) is 0 Å². The predicted molar refractivity (Wildman–Crippen MR) is 117 cm³/mol. The van der Waals surface area contributed by atoms with Crippen LogP contribution >= 0.6 is 11.3 Å². The van der Waals surface area contributed by atoms with Gasteiger partial charge in [-0.25, -0.2) is 4.98 Å². The summed E-state index contributed by atoms with van der Waals surface area (Å²) in [6, 6.07) is 10.4. The van der Waals surface area contributed by atoms with Crippen molar-refractivity contribution in [3.63, 3.8) is 0 Å². The first kappa shape index (κ1) is 21.4. The number of carbonyl (C=O) groups excluding carboxylic acids is 2. The van der Waals surface area contributed by atoms with E-state index in [9.17, 15) is 14.7 Å². The number of ether oxygens (including phenoxy) is 3. The van der Waals surface area contributed by atoms with Crippen LogP contribution < -0.4 is 24.8 Å². The second-order valence-electron chi connectivity index (χ2n) is 6.96. The molecular formula is C22H21N3O6S. The first-order valence-electron chi connectivity index (χ1n) is 9.76. The SMILES string of the molecule is COc1ccc(C(CC(=O)NCC(=O)Nc2nccs2)c2cc3c(cc2O)OCO3)cc1. The lowest BCUT2D eigenvalue weighted by Crippen LogP contribution is -2.33. The third kappa shape index (κ3) is 4.92. The molecule has 0 bridgehead atoms. The Morgan fingerprint density at radius 1 is 1.19 bits per heavy atom. The highest BCUT2D eigenvalue weighted by Crippen LogP contribution is 2.43. The number of anilines is 1. The fraction of sp³-hybridized carbons (Fsp3) is 0.227. The maximum atomic E-state index is 12.7. The molecule has 0 fully saturated rings. The molecule has 0 spiro atoms. The Balaban J connectivity index is 1.51. The number of rotatable bonds is 8. The number of thiazole rings is 1. The molecular weight excluding hydrogens is 434 g/mol. The Kier molecular flexibility index (Phi) is 6.41. The quantitative estimate of drug-likeness (QED) is 0.478. The molecule has 1 aromatic heterocycles. The molecule has 0 saturated heterocycles. The fourth-order valence-corrected chi connectivity index (χ4v) is 3.90. The molecule has 10 heteroatoms. The highest BCUT2D eigenvalue weighted by Gasteiger charge is 2.26. The van der Waals surface area contributed by atoms with E-state index < -0.39 is 5.92 Å². The Labute approximate surface area is 188 Å². The number of aromatic hydroxyl groups is 1. The first-order valence-corrected chi connectivity index (χ1v) is 10.6. The van der Waals surface area contributed by atoms with Gasteiger partial charge in [0.1, 0.15) is 11.5 Å². The van der Waals surface area contributed by atoms with E-state index in [1.165, 1.54) is 17.4 Å². The molecule has 9 nitrogen and oxygen atoms in total. The van der Waals surface area contributed by atoms with Gasteiger partial charge in [0.05, 0.1) is 13.7 Å². The van der Waals surface area contributed by atoms with Crippen molar-refractivity contribution in [2.24, 2.45) is 0 Å². The van der Waals surface area contributed by atoms with Crippen molar-refractivity contribution in [3.05, 3.63) is 59.1 Å². The zero-order chi connectivity index (χ0) is 22.5. The van der Waals surface area contributed by atoms with E-state index in [0.29, 0.717) is 27.9 Å². The second-order valence-corrected chi connectivity index (χ2v) is 7.85. The van der Waals surface area contributed by atoms with Gasteiger partial charge in [0.15, 0.2) is 16.6 Å². The van der Waals surface area contributed by atoms with E-state index in [0.717, 1.165) is 5.56 Å². The van der Waals surface area contributed by atoms with Gasteiger partial charge in [-0.05, 0) is 23.8 Å². The number of phenolic OH excluding ortho intramolecular Hbond substituents is 1. The van der Waals surface area contributed by atoms with Crippen molar-refractivity contribution in [3.8, 4) is 23.0 Å². The van der Waals surface area contributed by atoms with Gasteiger partial charge in [0.25, 0.3) is 0 Å². The summed E-state index contributed by atoms with van der Waals surface area (Å²) in [4.78, 5) is 28.7. The molecule has 2 aromatic carbocycles. The van der Waals surface area contributed by atoms with Crippen molar-refractivity contribution in [1.29, 1.82) is 0 Å². The molecule has 166 valence electrons. The molecule has 1 aliphatic rings. The van der Waals surface area contributed by atoms with Crippen molar-refractivity contribution in [2.75, 3.05) is 25.8 Å². The van der Waals surface area contributed by atoms with Gasteiger partial charge in [-0.2, -0.15) is 0 Å². The summed E-state index contributed by atoms with van der Waals surface area (Å²) >= 11 is 1.29. The molecule has 32 heavy (non-hydrogen) atoms. The summed E-state index contributed by atoms with van der Waals surface area (Å²) in [5.41, 5.74) is 1.31. The van der Waals surface area contributed by atoms with E-state index in [-0.39, 0.29) is 37.3 Å². The number of methoxy groups -OCH3 is 1. The Morgan fingerprint density at radius 3 is 2.62 bits per heavy atom. The molecule has 0 radical (unpaired) electrons. The van der Waals surface area contributed by atoms with Crippen LogP contribution in [0, 0.1) is 0 Å². The van der Waals surface area contributed by atoms with Gasteiger partial charge < -0.3 is 30.0 Å². The number of nitrogens with zero attached hydrogens (tertiary/aromatic N) is 1. The number of aromatic nitrogens is 1. The lowest BCUT2D eigenvalue weighted by molar-refractivity contribution is -0.124. The van der Waals surface area contributed by atoms with E-state index in [2.05, 4.69) is 15.6 Å². The summed E-state index contributed by atoms with van der Waals surface area (Å²) in [6.45, 7) is -0.124. The number of benzene rings is 2. The minimum Gasteiger partial charge on any atom is -0.508 e. The summed E-state index contributed by atoms with van der Waals surface area (Å²) in [5, 5.41) is 18.1. The Hall–Kier alpha value is -3.79. The summed E-state index contributed by atoms with van der Waals surface area (Å²) in [7, 11) is 1.57. The Bertz CT molecular complexity index is 1100. The zero-order valence-electron chi connectivity index (χ0n) is 17.2. The highest BCUT2D eigenvalue weighted by molar-refractivity contribution is 7.13. The van der Waals surface area contributed by atoms with Crippen LogP contribution in [0.5, 0.6) is 23.0 Å². The van der Waals surface area contributed by atoms with Crippen LogP contribution in [0.2, 0.25) is 0 Å². The maximum absolute atomic E-state index is 12.7. The van der Waals surface area contributed by atoms with Gasteiger partial charge in [-0.1, -0.05) is 12.1 Å². The van der Waals surface area contributed by atoms with E-state index >= 15 is 0 Å². The van der Waals surface area contributed by atoms with Crippen LogP contribution in [-0.4, -0.2) is 42.4 Å². The number of amides is 2. The molecule has 1 aliphatic heterocycles. The largest absolute Gasteiger partial charge is 0.508 e. The van der Waals surface area contributed by atoms with E-state index in [4.69, 9.17) is 14.2 Å².